The summed E-state index contributed by atoms with van der Waals surface area (Å²) in [6.07, 6.45) is 1.74. The summed E-state index contributed by atoms with van der Waals surface area (Å²) >= 11 is 0. The van der Waals surface area contributed by atoms with Gasteiger partial charge in [0.25, 0.3) is 0 Å². The Kier molecular flexibility index (Phi) is 6.51. The summed E-state index contributed by atoms with van der Waals surface area (Å²) in [5.41, 5.74) is 0. The van der Waals surface area contributed by atoms with Gasteiger partial charge in [-0.05, 0) is 26.9 Å². The Morgan fingerprint density at radius 3 is 2.47 bits per heavy atom. The molecule has 0 aromatic rings. The van der Waals surface area contributed by atoms with Gasteiger partial charge in [-0.3, -0.25) is 9.69 Å². The summed E-state index contributed by atoms with van der Waals surface area (Å²) in [4.78, 5) is 12.8. The molecule has 6 heteroatoms. The van der Waals surface area contributed by atoms with E-state index in [-0.39, 0.29) is 18.3 Å². The van der Waals surface area contributed by atoms with Crippen molar-refractivity contribution in [3.05, 3.63) is 0 Å². The molecule has 0 N–H and O–H groups in total. The molecule has 15 heavy (non-hydrogen) atoms. The van der Waals surface area contributed by atoms with Gasteiger partial charge in [0.15, 0.2) is 0 Å². The van der Waals surface area contributed by atoms with Crippen LogP contribution < -0.4 is 0 Å². The van der Waals surface area contributed by atoms with E-state index in [1.807, 2.05) is 0 Å². The molecule has 0 bridgehead atoms. The predicted molar refractivity (Wildman–Crippen MR) is 58.5 cm³/mol. The van der Waals surface area contributed by atoms with E-state index >= 15 is 0 Å². The third-order valence-electron chi connectivity index (χ3n) is 1.76. The molecule has 0 aliphatic heterocycles. The summed E-state index contributed by atoms with van der Waals surface area (Å²) in [5.74, 6) is -0.125. The zero-order valence-corrected chi connectivity index (χ0v) is 10.3. The van der Waals surface area contributed by atoms with Crippen molar-refractivity contribution in [3.63, 3.8) is 0 Å². The van der Waals surface area contributed by atoms with Gasteiger partial charge >= 0.3 is 5.97 Å². The van der Waals surface area contributed by atoms with Crippen LogP contribution in [0.25, 0.3) is 0 Å². The Labute approximate surface area is 91.3 Å². The van der Waals surface area contributed by atoms with Crippen molar-refractivity contribution in [2.45, 2.75) is 13.3 Å². The van der Waals surface area contributed by atoms with Crippen LogP contribution in [0, 0.1) is 0 Å². The quantitative estimate of drug-likeness (QED) is 0.579. The van der Waals surface area contributed by atoms with Crippen LogP contribution in [-0.2, 0) is 19.4 Å². The molecule has 0 amide bonds. The van der Waals surface area contributed by atoms with Gasteiger partial charge in [0.05, 0.1) is 18.9 Å². The van der Waals surface area contributed by atoms with Gasteiger partial charge in [-0.1, -0.05) is 0 Å². The van der Waals surface area contributed by atoms with E-state index < -0.39 is 9.84 Å². The van der Waals surface area contributed by atoms with Crippen molar-refractivity contribution in [2.24, 2.45) is 0 Å². The molecule has 0 spiro atoms. The van der Waals surface area contributed by atoms with Crippen molar-refractivity contribution >= 4 is 15.8 Å². The molecular formula is C9H19NO4S. The van der Waals surface area contributed by atoms with Crippen LogP contribution in [0.4, 0.5) is 0 Å². The van der Waals surface area contributed by atoms with Crippen LogP contribution in [0.5, 0.6) is 0 Å². The Morgan fingerprint density at radius 2 is 2.00 bits per heavy atom. The van der Waals surface area contributed by atoms with E-state index in [1.165, 1.54) is 6.26 Å². The largest absolute Gasteiger partial charge is 0.465 e. The molecule has 0 aromatic heterocycles. The maximum Gasteiger partial charge on any atom is 0.320 e. The Bertz CT molecular complexity index is 286. The highest BCUT2D eigenvalue weighted by Crippen LogP contribution is 1.93. The molecule has 0 rings (SSSR count). The van der Waals surface area contributed by atoms with E-state index in [0.29, 0.717) is 19.6 Å². The molecule has 0 atom stereocenters. The molecule has 0 heterocycles. The first-order chi connectivity index (χ1) is 6.85. The molecule has 90 valence electrons. The van der Waals surface area contributed by atoms with Crippen LogP contribution in [0.3, 0.4) is 0 Å². The summed E-state index contributed by atoms with van der Waals surface area (Å²) in [7, 11) is -1.14. The number of nitrogens with zero attached hydrogens (tertiary/aromatic N) is 1. The highest BCUT2D eigenvalue weighted by atomic mass is 32.2. The molecular weight excluding hydrogens is 218 g/mol. The lowest BCUT2D eigenvalue weighted by atomic mass is 10.4. The topological polar surface area (TPSA) is 63.7 Å². The number of esters is 1. The zero-order valence-electron chi connectivity index (χ0n) is 9.52. The van der Waals surface area contributed by atoms with Crippen molar-refractivity contribution in [3.8, 4) is 0 Å². The van der Waals surface area contributed by atoms with Gasteiger partial charge in [0.2, 0.25) is 0 Å². The first-order valence-electron chi connectivity index (χ1n) is 4.87. The van der Waals surface area contributed by atoms with Gasteiger partial charge in [-0.25, -0.2) is 8.42 Å². The number of carbonyl (C=O) groups excluding carboxylic acids is 1. The van der Waals surface area contributed by atoms with Crippen molar-refractivity contribution in [1.29, 1.82) is 0 Å². The van der Waals surface area contributed by atoms with E-state index in [2.05, 4.69) is 0 Å². The number of ether oxygens (including phenoxy) is 1. The molecule has 0 unspecified atom stereocenters. The minimum atomic E-state index is -2.90. The first kappa shape index (κ1) is 14.4. The van der Waals surface area contributed by atoms with Crippen LogP contribution in [0.1, 0.15) is 13.3 Å². The smallest absolute Gasteiger partial charge is 0.320 e. The number of rotatable bonds is 7. The van der Waals surface area contributed by atoms with E-state index in [1.54, 1.807) is 18.9 Å². The normalized spacial score (nSPS) is 11.7. The molecule has 0 radical (unpaired) electrons. The van der Waals surface area contributed by atoms with Gasteiger partial charge in [0.1, 0.15) is 9.84 Å². The molecule has 0 saturated carbocycles. The Balaban J connectivity index is 3.66. The highest BCUT2D eigenvalue weighted by molar-refractivity contribution is 7.90. The van der Waals surface area contributed by atoms with Crippen LogP contribution >= 0.6 is 0 Å². The van der Waals surface area contributed by atoms with Crippen molar-refractivity contribution < 1.29 is 17.9 Å². The average molecular weight is 237 g/mol. The number of hydrogen-bond acceptors (Lipinski definition) is 5. The molecule has 0 aliphatic carbocycles. The SMILES string of the molecule is CCOC(=O)CN(C)CCCS(C)(=O)=O. The fraction of sp³-hybridized carbons (Fsp3) is 0.889. The zero-order chi connectivity index (χ0) is 11.9. The standard InChI is InChI=1S/C9H19NO4S/c1-4-14-9(11)8-10(2)6-5-7-15(3,12)13/h4-8H2,1-3H3. The summed E-state index contributed by atoms with van der Waals surface area (Å²) < 4.78 is 26.4. The lowest BCUT2D eigenvalue weighted by molar-refractivity contribution is -0.144. The summed E-state index contributed by atoms with van der Waals surface area (Å²) in [6.45, 7) is 2.90. The molecule has 0 aromatic carbocycles. The van der Waals surface area contributed by atoms with Crippen LogP contribution in [0.15, 0.2) is 0 Å². The van der Waals surface area contributed by atoms with E-state index in [9.17, 15) is 13.2 Å². The van der Waals surface area contributed by atoms with E-state index in [4.69, 9.17) is 4.74 Å². The second-order valence-electron chi connectivity index (χ2n) is 3.53. The number of likely N-dealkylation sites (N-methyl/N-ethyl adjacent to an activating group) is 1. The van der Waals surface area contributed by atoms with E-state index in [0.717, 1.165) is 0 Å². The number of sulfone groups is 1. The minimum absolute atomic E-state index is 0.153. The third-order valence-corrected chi connectivity index (χ3v) is 2.79. The second kappa shape index (κ2) is 6.79. The highest BCUT2D eigenvalue weighted by Gasteiger charge is 2.08. The molecule has 0 aliphatic rings. The van der Waals surface area contributed by atoms with Gasteiger partial charge in [-0.15, -0.1) is 0 Å². The molecule has 5 nitrogen and oxygen atoms in total. The predicted octanol–water partition coefficient (Wildman–Crippen LogP) is -0.0840. The van der Waals surface area contributed by atoms with Crippen molar-refractivity contribution in [1.82, 2.24) is 4.90 Å². The third kappa shape index (κ3) is 9.68. The molecule has 0 saturated heterocycles. The fourth-order valence-corrected chi connectivity index (χ4v) is 1.76. The molecule has 0 fully saturated rings. The monoisotopic (exact) mass is 237 g/mol. The maximum absolute atomic E-state index is 11.0. The lowest BCUT2D eigenvalue weighted by Crippen LogP contribution is -2.29. The lowest BCUT2D eigenvalue weighted by Gasteiger charge is -2.14. The van der Waals surface area contributed by atoms with Crippen molar-refractivity contribution in [2.75, 3.05) is 38.8 Å². The number of carbonyl (C=O) groups is 1. The van der Waals surface area contributed by atoms with Gasteiger partial charge in [-0.2, -0.15) is 0 Å². The average Bonchev–Trinajstić information content (AvgIpc) is 2.01. The van der Waals surface area contributed by atoms with Crippen LogP contribution in [0.2, 0.25) is 0 Å². The second-order valence-corrected chi connectivity index (χ2v) is 5.79. The Morgan fingerprint density at radius 1 is 1.40 bits per heavy atom. The number of hydrogen-bond donors (Lipinski definition) is 0. The van der Waals surface area contributed by atoms with Crippen LogP contribution in [-0.4, -0.2) is 58.0 Å². The van der Waals surface area contributed by atoms with Gasteiger partial charge < -0.3 is 4.74 Å². The first-order valence-corrected chi connectivity index (χ1v) is 6.93. The summed E-state index contributed by atoms with van der Waals surface area (Å²) in [5, 5.41) is 0. The maximum atomic E-state index is 11.0. The fourth-order valence-electron chi connectivity index (χ4n) is 1.10. The Hall–Kier alpha value is -0.620. The summed E-state index contributed by atoms with van der Waals surface area (Å²) in [6, 6.07) is 0. The minimum Gasteiger partial charge on any atom is -0.465 e. The van der Waals surface area contributed by atoms with Gasteiger partial charge in [0, 0.05) is 6.26 Å².